The number of para-hydroxylation sites is 2. The summed E-state index contributed by atoms with van der Waals surface area (Å²) in [7, 11) is 0. The normalized spacial score (nSPS) is 17.0. The molecule has 1 atom stereocenters. The third-order valence-electron chi connectivity index (χ3n) is 12.5. The Morgan fingerprint density at radius 1 is 0.694 bits per heavy atom. The summed E-state index contributed by atoms with van der Waals surface area (Å²) in [4.78, 5) is 1.49. The fourth-order valence-electron chi connectivity index (χ4n) is 10.8. The summed E-state index contributed by atoms with van der Waals surface area (Å²) in [5.41, 5.74) is 20.3. The van der Waals surface area contributed by atoms with Crippen LogP contribution in [0.5, 0.6) is 0 Å². The van der Waals surface area contributed by atoms with Crippen molar-refractivity contribution in [1.82, 2.24) is 4.48 Å². The van der Waals surface area contributed by atoms with E-state index in [0.717, 1.165) is 17.6 Å². The summed E-state index contributed by atoms with van der Waals surface area (Å²) in [5, 5.41) is 5.20. The quantitative estimate of drug-likeness (QED) is 0.151. The molecule has 5 heterocycles. The molecule has 2 nitrogen and oxygen atoms in total. The van der Waals surface area contributed by atoms with E-state index in [-0.39, 0.29) is 18.2 Å². The van der Waals surface area contributed by atoms with Crippen LogP contribution >= 0.6 is 11.3 Å². The maximum absolute atomic E-state index is 7.00. The van der Waals surface area contributed by atoms with Crippen molar-refractivity contribution in [3.05, 3.63) is 143 Å². The molecular formula is C45H28BNOS. The molecule has 0 N–H and O–H groups in total. The van der Waals surface area contributed by atoms with Gasteiger partial charge < -0.3 is 8.90 Å². The molecule has 0 saturated heterocycles. The average Bonchev–Trinajstić information content (AvgIpc) is 3.86. The highest BCUT2D eigenvalue weighted by molar-refractivity contribution is 7.19. The van der Waals surface area contributed by atoms with E-state index in [1.807, 2.05) is 11.3 Å². The van der Waals surface area contributed by atoms with Gasteiger partial charge in [0.1, 0.15) is 11.2 Å². The first kappa shape index (κ1) is 25.7. The lowest BCUT2D eigenvalue weighted by Crippen LogP contribution is -2.58. The molecule has 13 rings (SSSR count). The van der Waals surface area contributed by atoms with Gasteiger partial charge in [0.15, 0.2) is 0 Å². The Morgan fingerprint density at radius 3 is 2.39 bits per heavy atom. The molecule has 0 amide bonds. The van der Waals surface area contributed by atoms with Gasteiger partial charge in [-0.3, -0.25) is 0 Å². The zero-order chi connectivity index (χ0) is 31.9. The van der Waals surface area contributed by atoms with E-state index in [9.17, 15) is 0 Å². The molecule has 9 aromatic rings. The van der Waals surface area contributed by atoms with Crippen LogP contribution in [0, 0.1) is 0 Å². The monoisotopic (exact) mass is 641 g/mol. The summed E-state index contributed by atoms with van der Waals surface area (Å²) in [6.45, 7) is 4.93. The topological polar surface area (TPSA) is 18.1 Å². The van der Waals surface area contributed by atoms with Crippen molar-refractivity contribution in [2.24, 2.45) is 0 Å². The second-order valence-electron chi connectivity index (χ2n) is 15.1. The van der Waals surface area contributed by atoms with E-state index in [2.05, 4.69) is 134 Å². The van der Waals surface area contributed by atoms with Crippen LogP contribution in [0.25, 0.3) is 76.3 Å². The van der Waals surface area contributed by atoms with E-state index >= 15 is 0 Å². The summed E-state index contributed by atoms with van der Waals surface area (Å²) in [5.74, 6) is 0.218. The Hall–Kier alpha value is -5.32. The predicted molar refractivity (Wildman–Crippen MR) is 205 cm³/mol. The van der Waals surface area contributed by atoms with E-state index in [1.165, 1.54) is 103 Å². The highest BCUT2D eigenvalue weighted by Gasteiger charge is 2.50. The van der Waals surface area contributed by atoms with Gasteiger partial charge >= 0.3 is 6.85 Å². The molecule has 0 bridgehead atoms. The minimum absolute atomic E-state index is 0.0509. The van der Waals surface area contributed by atoms with E-state index in [0.29, 0.717) is 0 Å². The molecule has 49 heavy (non-hydrogen) atoms. The van der Waals surface area contributed by atoms with Gasteiger partial charge in [0.05, 0.1) is 0 Å². The van der Waals surface area contributed by atoms with Crippen LogP contribution in [0.4, 0.5) is 0 Å². The smallest absolute Gasteiger partial charge is 0.329 e. The van der Waals surface area contributed by atoms with Crippen LogP contribution in [-0.4, -0.2) is 11.3 Å². The van der Waals surface area contributed by atoms with E-state index < -0.39 is 0 Å². The van der Waals surface area contributed by atoms with E-state index in [4.69, 9.17) is 4.42 Å². The lowest BCUT2D eigenvalue weighted by Gasteiger charge is -2.41. The predicted octanol–water partition coefficient (Wildman–Crippen LogP) is 10.4. The van der Waals surface area contributed by atoms with Gasteiger partial charge in [-0.2, -0.15) is 0 Å². The fourth-order valence-corrected chi connectivity index (χ4v) is 12.0. The van der Waals surface area contributed by atoms with Crippen molar-refractivity contribution >= 4 is 72.0 Å². The molecule has 0 fully saturated rings. The Kier molecular flexibility index (Phi) is 4.33. The Balaban J connectivity index is 1.26. The molecule has 228 valence electrons. The number of furan rings is 1. The zero-order valence-corrected chi connectivity index (χ0v) is 27.9. The highest BCUT2D eigenvalue weighted by Crippen LogP contribution is 2.57. The number of hydrogen-bond acceptors (Lipinski definition) is 2. The van der Waals surface area contributed by atoms with Crippen LogP contribution in [0.15, 0.2) is 120 Å². The zero-order valence-electron chi connectivity index (χ0n) is 27.1. The lowest BCUT2D eigenvalue weighted by molar-refractivity contribution is 0.631. The van der Waals surface area contributed by atoms with Crippen molar-refractivity contribution in [3.63, 3.8) is 0 Å². The maximum atomic E-state index is 7.00. The molecular weight excluding hydrogens is 613 g/mol. The Morgan fingerprint density at radius 2 is 1.45 bits per heavy atom. The van der Waals surface area contributed by atoms with Crippen molar-refractivity contribution in [3.8, 4) is 33.4 Å². The minimum atomic E-state index is -0.147. The Labute approximate surface area is 287 Å². The van der Waals surface area contributed by atoms with Gasteiger partial charge in [-0.25, -0.2) is 0 Å². The van der Waals surface area contributed by atoms with Crippen LogP contribution in [-0.2, 0) is 11.8 Å². The van der Waals surface area contributed by atoms with Crippen molar-refractivity contribution in [2.45, 2.75) is 31.6 Å². The number of thiophene rings is 1. The van der Waals surface area contributed by atoms with Crippen LogP contribution in [0.2, 0.25) is 0 Å². The number of benzene rings is 6. The summed E-state index contributed by atoms with van der Waals surface area (Å²) in [6.07, 6.45) is 0.992. The molecule has 0 radical (unpaired) electrons. The van der Waals surface area contributed by atoms with Gasteiger partial charge in [0.2, 0.25) is 0 Å². The summed E-state index contributed by atoms with van der Waals surface area (Å²) >= 11 is 1.98. The number of hydrogen-bond donors (Lipinski definition) is 0. The van der Waals surface area contributed by atoms with Gasteiger partial charge in [0.25, 0.3) is 0 Å². The SMILES string of the molecule is CC1(C)c2ccccc2-c2c1n1c3c(cccc23)-c2cc3c(oc4ccccc43)c3c2B1c1cccc2c1C3Cc1sc3ccccc3c1-2. The molecule has 0 saturated carbocycles. The van der Waals surface area contributed by atoms with Crippen molar-refractivity contribution < 1.29 is 4.42 Å². The molecule has 2 aliphatic heterocycles. The first-order chi connectivity index (χ1) is 24.1. The second-order valence-corrected chi connectivity index (χ2v) is 16.2. The molecule has 4 aliphatic rings. The molecule has 0 spiro atoms. The van der Waals surface area contributed by atoms with Gasteiger partial charge in [-0.05, 0) is 63.4 Å². The first-order valence-electron chi connectivity index (χ1n) is 17.5. The highest BCUT2D eigenvalue weighted by atomic mass is 32.1. The summed E-state index contributed by atoms with van der Waals surface area (Å²) < 4.78 is 11.2. The summed E-state index contributed by atoms with van der Waals surface area (Å²) in [6, 6.07) is 43.5. The lowest BCUT2D eigenvalue weighted by atomic mass is 9.40. The molecule has 4 heteroatoms. The van der Waals surface area contributed by atoms with Gasteiger partial charge in [-0.15, -0.1) is 11.3 Å². The molecule has 6 aromatic carbocycles. The van der Waals surface area contributed by atoms with Gasteiger partial charge in [-0.1, -0.05) is 111 Å². The Bertz CT molecular complexity index is 3020. The van der Waals surface area contributed by atoms with Crippen molar-refractivity contribution in [1.29, 1.82) is 0 Å². The average molecular weight is 642 g/mol. The van der Waals surface area contributed by atoms with Crippen molar-refractivity contribution in [2.75, 3.05) is 0 Å². The molecule has 2 aliphatic carbocycles. The maximum Gasteiger partial charge on any atom is 0.329 e. The first-order valence-corrected chi connectivity index (χ1v) is 18.3. The number of rotatable bonds is 0. The minimum Gasteiger partial charge on any atom is -0.456 e. The number of fused-ring (bicyclic) bond motifs is 17. The van der Waals surface area contributed by atoms with Gasteiger partial charge in [0, 0.05) is 75.9 Å². The third kappa shape index (κ3) is 2.77. The second kappa shape index (κ2) is 8.27. The third-order valence-corrected chi connectivity index (χ3v) is 13.7. The van der Waals surface area contributed by atoms with Crippen LogP contribution in [0.1, 0.15) is 47.0 Å². The van der Waals surface area contributed by atoms with E-state index in [1.54, 1.807) is 0 Å². The molecule has 3 aromatic heterocycles. The largest absolute Gasteiger partial charge is 0.456 e. The number of aromatic nitrogens is 1. The van der Waals surface area contributed by atoms with Crippen LogP contribution in [0.3, 0.4) is 0 Å². The number of nitrogens with zero attached hydrogens (tertiary/aromatic N) is 1. The van der Waals surface area contributed by atoms with Crippen LogP contribution < -0.4 is 10.9 Å². The molecule has 1 unspecified atom stereocenters. The fraction of sp³-hybridized carbons (Fsp3) is 0.111. The standard InChI is InChI=1S/C45H28BNOS/c1-45(2)32-17-6-3-12-25(32)39-28-16-9-14-24-29-21-30-23-11-4-7-19-34(23)48-43(30)40-31-22-36-38(26-13-5-8-20-35(26)49-36)27-15-10-18-33(37(27)31)46(41(29)40)47(42(24)28)44(39)45/h3-21,31H,22H2,1-2H3.